The second-order valence-electron chi connectivity index (χ2n) is 25.4. The van der Waals surface area contributed by atoms with E-state index in [0.717, 1.165) is 43.4 Å². The van der Waals surface area contributed by atoms with Gasteiger partial charge in [-0.25, -0.2) is 0 Å². The van der Waals surface area contributed by atoms with Crippen molar-refractivity contribution in [2.75, 3.05) is 6.54 Å². The van der Waals surface area contributed by atoms with Crippen LogP contribution in [-0.2, 0) is 12.8 Å². The van der Waals surface area contributed by atoms with E-state index in [2.05, 4.69) is 154 Å². The van der Waals surface area contributed by atoms with Crippen molar-refractivity contribution in [2.24, 2.45) is 0 Å². The van der Waals surface area contributed by atoms with Crippen molar-refractivity contribution in [3.8, 4) is 19.5 Å². The molecule has 15 unspecified atom stereocenters. The molecule has 0 bridgehead atoms. The molecule has 2 amide bonds. The van der Waals surface area contributed by atoms with Crippen LogP contribution in [0.25, 0.3) is 19.5 Å². The number of imide groups is 1. The number of unbranched alkanes of at least 4 members (excludes halogenated alkanes) is 39. The van der Waals surface area contributed by atoms with Crippen molar-refractivity contribution in [1.82, 2.24) is 4.90 Å². The largest absolute Gasteiger partial charge is 0.274 e. The van der Waals surface area contributed by atoms with Gasteiger partial charge in [0.05, 0.1) is 16.0 Å². The minimum absolute atomic E-state index is 0.00774. The lowest BCUT2D eigenvalue weighted by atomic mass is 10.0. The molecule has 0 radical (unpaired) electrons. The molecule has 3 nitrogen and oxygen atoms in total. The lowest BCUT2D eigenvalue weighted by Crippen LogP contribution is -2.31. The van der Waals surface area contributed by atoms with Crippen molar-refractivity contribution in [1.29, 1.82) is 0 Å². The van der Waals surface area contributed by atoms with Gasteiger partial charge in [0, 0.05) is 30.9 Å². The SMILES string of the molecule is CCCCCCCCCCCCCCCCc1cc(C)sc1-c1sc(-c2sc(C)c3c2C(=O)N(CCCCCCCCCCCCCCCC)C3=O)cc1CCCCCCCCCCCCCCCC.PPP(P)P(P(P)P)P(P(P(P)P)P(P)P)P(P(P)P)P(P)P. The first-order valence-electron chi connectivity index (χ1n) is 35.8. The average Bonchev–Trinajstić information content (AvgIpc) is 1.59. The van der Waals surface area contributed by atoms with Crippen LogP contribution in [-0.4, -0.2) is 23.3 Å². The molecular weight excluding hydrogens is 1620 g/mol. The fourth-order valence-electron chi connectivity index (χ4n) is 12.3. The highest BCUT2D eigenvalue weighted by Crippen LogP contribution is 3.33. The van der Waals surface area contributed by atoms with Gasteiger partial charge in [0.1, 0.15) is 0 Å². The summed E-state index contributed by atoms with van der Waals surface area (Å²) >= 11 is 5.56. The number of thiophene rings is 3. The van der Waals surface area contributed by atoms with E-state index in [1.165, 1.54) is 287 Å². The summed E-state index contributed by atoms with van der Waals surface area (Å²) in [6.45, 7) is 12.5. The van der Waals surface area contributed by atoms with Crippen LogP contribution < -0.4 is 0 Å². The summed E-state index contributed by atoms with van der Waals surface area (Å²) in [5.41, 5.74) is 4.36. The van der Waals surface area contributed by atoms with E-state index in [-0.39, 0.29) is 81.7 Å². The van der Waals surface area contributed by atoms with Gasteiger partial charge >= 0.3 is 0 Å². The van der Waals surface area contributed by atoms with Crippen LogP contribution in [0.5, 0.6) is 0 Å². The Hall–Kier alpha value is 8.13. The Bertz CT molecular complexity index is 2360. The Balaban J connectivity index is 0.000000828. The quantitative estimate of drug-likeness (QED) is 0.0321. The normalized spacial score (nSPS) is 13.7. The molecule has 0 saturated carbocycles. The van der Waals surface area contributed by atoms with Crippen LogP contribution in [0.15, 0.2) is 12.1 Å². The van der Waals surface area contributed by atoms with Gasteiger partial charge in [-0.15, -0.1) is 141 Å². The van der Waals surface area contributed by atoms with Gasteiger partial charge < -0.3 is 0 Å². The van der Waals surface area contributed by atoms with E-state index in [4.69, 9.17) is 0 Å². The number of hydrogen-bond acceptors (Lipinski definition) is 5. The first kappa shape index (κ1) is 95.3. The van der Waals surface area contributed by atoms with Crippen LogP contribution in [0.2, 0.25) is 0 Å². The van der Waals surface area contributed by atoms with Crippen molar-refractivity contribution in [2.45, 2.75) is 317 Å². The summed E-state index contributed by atoms with van der Waals surface area (Å²) in [4.78, 5) is 37.3. The summed E-state index contributed by atoms with van der Waals surface area (Å²) in [5, 5.41) is 0. The average molecular weight is 1760 g/mol. The highest BCUT2D eigenvalue weighted by Gasteiger charge is 2.45. The van der Waals surface area contributed by atoms with Gasteiger partial charge in [0.25, 0.3) is 11.8 Å². The molecule has 93 heavy (non-hydrogen) atoms. The molecule has 15 atom stereocenters. The second kappa shape index (κ2) is 59.9. The van der Waals surface area contributed by atoms with Gasteiger partial charge in [-0.1, -0.05) is 279 Å². The maximum absolute atomic E-state index is 14.2. The summed E-state index contributed by atoms with van der Waals surface area (Å²) in [6.07, 6.45) is 59.2. The first-order valence-corrected chi connectivity index (χ1v) is 79.5. The van der Waals surface area contributed by atoms with Crippen LogP contribution in [0.4, 0.5) is 0 Å². The summed E-state index contributed by atoms with van der Waals surface area (Å²) in [6, 6.07) is 4.91. The minimum atomic E-state index is -0.0570. The number of amides is 2. The maximum Gasteiger partial charge on any atom is 0.263 e. The molecule has 0 spiro atoms. The molecule has 29 heteroatoms. The fraction of sp³-hybridized carbons (Fsp3) is 0.781. The van der Waals surface area contributed by atoms with Gasteiger partial charge in [0.15, 0.2) is 0 Å². The van der Waals surface area contributed by atoms with Crippen LogP contribution in [0, 0.1) is 13.8 Å². The molecule has 0 aromatic carbocycles. The Morgan fingerprint density at radius 2 is 0.656 bits per heavy atom. The number of fused-ring (bicyclic) bond motifs is 1. The first-order chi connectivity index (χ1) is 44.9. The summed E-state index contributed by atoms with van der Waals surface area (Å²) < 4.78 is 0. The zero-order valence-electron chi connectivity index (χ0n) is 58.4. The van der Waals surface area contributed by atoms with Gasteiger partial charge in [-0.2, -0.15) is 0 Å². The van der Waals surface area contributed by atoms with Gasteiger partial charge in [0.2, 0.25) is 0 Å². The second-order valence-corrected chi connectivity index (χ2v) is 119. The predicted molar refractivity (Wildman–Crippen MR) is 508 cm³/mol. The molecule has 3 aromatic rings. The molecule has 0 fully saturated rings. The molecule has 4 heterocycles. The Morgan fingerprint density at radius 1 is 0.355 bits per heavy atom. The molecule has 4 rings (SSSR count). The molecule has 0 saturated heterocycles. The molecular formula is C64H132NO2P23S3. The summed E-state index contributed by atoms with van der Waals surface area (Å²) in [5.74, 6) is -0.110. The number of carbonyl (C=O) groups excluding carboxylic acids is 2. The lowest BCUT2D eigenvalue weighted by molar-refractivity contribution is 0.0651. The molecule has 1 aliphatic rings. The molecule has 0 N–H and O–H groups in total. The third-order valence-corrected chi connectivity index (χ3v) is 168. The number of carbonyl (C=O) groups is 2. The lowest BCUT2D eigenvalue weighted by Gasteiger charge is -2.47. The van der Waals surface area contributed by atoms with E-state index in [1.54, 1.807) is 16.2 Å². The van der Waals surface area contributed by atoms with E-state index in [9.17, 15) is 9.59 Å². The zero-order chi connectivity index (χ0) is 68.3. The van der Waals surface area contributed by atoms with Crippen molar-refractivity contribution in [3.63, 3.8) is 0 Å². The Kier molecular flexibility index (Phi) is 61.4. The van der Waals surface area contributed by atoms with Crippen molar-refractivity contribution in [3.05, 3.63) is 44.1 Å². The highest BCUT2D eigenvalue weighted by atomic mass is 33.4. The molecule has 0 aliphatic carbocycles. The smallest absolute Gasteiger partial charge is 0.263 e. The topological polar surface area (TPSA) is 37.4 Å². The van der Waals surface area contributed by atoms with E-state index >= 15 is 0 Å². The molecule has 1 aliphatic heterocycles. The monoisotopic (exact) mass is 1760 g/mol. The van der Waals surface area contributed by atoms with Crippen LogP contribution in [0.3, 0.4) is 0 Å². The fourth-order valence-corrected chi connectivity index (χ4v) is 298. The van der Waals surface area contributed by atoms with Crippen molar-refractivity contribution >= 4 is 231 Å². The number of aryl methyl sites for hydroxylation is 4. The predicted octanol–water partition coefficient (Wildman–Crippen LogP) is 36.1. The highest BCUT2D eigenvalue weighted by molar-refractivity contribution is 9.39. The maximum atomic E-state index is 14.2. The standard InChI is InChI=1S/C64H107NO2S3.H25P23/c1-6-9-12-15-18-21-24-27-30-33-36-39-42-45-48-55-51-53(4)68-60(55)61-56(49-46-43-40-37-34-31-28-25-22-19-16-13-10-7-2)52-57(70-61)62-59-58(54(5)69-62)63(66)65(64(59)67)50-47-44-41-38-35-32-29-26-23-20-17-14-11-8-3;1-13-19(12)22(18(10)11)23(20(14(2)3)15(4)5)21(16(6)7)17(8)9/h51-52H,6-50H2,1-5H3;13H,1-12H2. The van der Waals surface area contributed by atoms with Gasteiger partial charge in [-0.05, 0) is 139 Å². The number of rotatable bonds is 57. The number of hydrogen-bond donors (Lipinski definition) is 0. The van der Waals surface area contributed by atoms with E-state index in [0.29, 0.717) is 17.7 Å². The van der Waals surface area contributed by atoms with Crippen molar-refractivity contribution < 1.29 is 9.59 Å². The number of nitrogens with zero attached hydrogens (tertiary/aromatic N) is 1. The minimum Gasteiger partial charge on any atom is -0.274 e. The Labute approximate surface area is 626 Å². The third-order valence-electron chi connectivity index (χ3n) is 17.3. The van der Waals surface area contributed by atoms with Gasteiger partial charge in [-0.3, -0.25) is 14.5 Å². The Morgan fingerprint density at radius 3 is 0.989 bits per heavy atom. The van der Waals surface area contributed by atoms with Crippen LogP contribution >= 0.6 is 219 Å². The molecule has 3 aromatic heterocycles. The van der Waals surface area contributed by atoms with E-state index in [1.807, 2.05) is 22.7 Å². The molecule has 538 valence electrons. The summed E-state index contributed by atoms with van der Waals surface area (Å²) in [7, 11) is 39.5. The zero-order valence-corrected chi connectivity index (χ0v) is 84.6. The van der Waals surface area contributed by atoms with E-state index < -0.39 is 0 Å². The van der Waals surface area contributed by atoms with Crippen LogP contribution in [0.1, 0.15) is 332 Å². The third kappa shape index (κ3) is 38.6.